The molecule has 0 aromatic heterocycles. The summed E-state index contributed by atoms with van der Waals surface area (Å²) >= 11 is 0. The molecule has 2 aliphatic rings. The molecule has 2 heterocycles. The van der Waals surface area contributed by atoms with Crippen molar-refractivity contribution < 1.29 is 9.47 Å². The quantitative estimate of drug-likeness (QED) is 0.862. The van der Waals surface area contributed by atoms with Gasteiger partial charge in [-0.05, 0) is 24.6 Å². The predicted molar refractivity (Wildman–Crippen MR) is 86.2 cm³/mol. The Bertz CT molecular complexity index is 656. The Morgan fingerprint density at radius 3 is 2.86 bits per heavy atom. The number of likely N-dealkylation sites (tertiary alicyclic amines) is 1. The molecule has 0 spiro atoms. The van der Waals surface area contributed by atoms with Gasteiger partial charge in [-0.3, -0.25) is 4.90 Å². The highest BCUT2D eigenvalue weighted by Gasteiger charge is 2.40. The summed E-state index contributed by atoms with van der Waals surface area (Å²) in [5.41, 5.74) is 2.69. The van der Waals surface area contributed by atoms with E-state index in [1.165, 1.54) is 17.5 Å². The highest BCUT2D eigenvalue weighted by atomic mass is 16.5. The molecular weight excluding hydrogens is 274 g/mol. The summed E-state index contributed by atoms with van der Waals surface area (Å²) in [6, 6.07) is 17.4. The van der Waals surface area contributed by atoms with Gasteiger partial charge >= 0.3 is 0 Å². The van der Waals surface area contributed by atoms with Gasteiger partial charge in [-0.2, -0.15) is 0 Å². The maximum absolute atomic E-state index is 5.97. The van der Waals surface area contributed by atoms with Gasteiger partial charge in [0.05, 0.1) is 13.7 Å². The molecule has 2 aliphatic heterocycles. The van der Waals surface area contributed by atoms with E-state index in [0.717, 1.165) is 31.2 Å². The van der Waals surface area contributed by atoms with Crippen molar-refractivity contribution in [2.75, 3.05) is 20.3 Å². The minimum atomic E-state index is 0.467. The largest absolute Gasteiger partial charge is 0.497 e. The molecule has 0 N–H and O–H groups in total. The van der Waals surface area contributed by atoms with Crippen LogP contribution in [-0.2, 0) is 6.54 Å². The van der Waals surface area contributed by atoms with Crippen LogP contribution in [0.25, 0.3) is 0 Å². The van der Waals surface area contributed by atoms with Crippen molar-refractivity contribution in [3.8, 4) is 11.5 Å². The molecule has 2 atom stereocenters. The normalized spacial score (nSPS) is 23.5. The second-order valence-corrected chi connectivity index (χ2v) is 6.16. The zero-order valence-corrected chi connectivity index (χ0v) is 12.9. The lowest BCUT2D eigenvalue weighted by Gasteiger charge is -2.34. The van der Waals surface area contributed by atoms with E-state index >= 15 is 0 Å². The van der Waals surface area contributed by atoms with Crippen LogP contribution >= 0.6 is 0 Å². The van der Waals surface area contributed by atoms with Gasteiger partial charge in [-0.25, -0.2) is 0 Å². The number of benzene rings is 2. The first kappa shape index (κ1) is 13.6. The molecule has 0 aliphatic carbocycles. The van der Waals surface area contributed by atoms with E-state index in [2.05, 4.69) is 41.3 Å². The molecule has 2 aromatic carbocycles. The summed E-state index contributed by atoms with van der Waals surface area (Å²) in [4.78, 5) is 2.59. The number of methoxy groups -OCH3 is 1. The Morgan fingerprint density at radius 1 is 1.18 bits per heavy atom. The Hall–Kier alpha value is -2.00. The van der Waals surface area contributed by atoms with Crippen molar-refractivity contribution in [3.63, 3.8) is 0 Å². The Labute approximate surface area is 131 Å². The van der Waals surface area contributed by atoms with Gasteiger partial charge < -0.3 is 9.47 Å². The van der Waals surface area contributed by atoms with Gasteiger partial charge in [0, 0.05) is 30.1 Å². The topological polar surface area (TPSA) is 21.7 Å². The second kappa shape index (κ2) is 5.65. The van der Waals surface area contributed by atoms with Gasteiger partial charge in [-0.1, -0.05) is 36.4 Å². The number of ether oxygens (including phenoxy) is 2. The molecule has 0 bridgehead atoms. The van der Waals surface area contributed by atoms with E-state index in [9.17, 15) is 0 Å². The molecule has 0 radical (unpaired) electrons. The van der Waals surface area contributed by atoms with Crippen molar-refractivity contribution in [1.29, 1.82) is 0 Å². The molecule has 0 unspecified atom stereocenters. The first-order valence-electron chi connectivity index (χ1n) is 7.94. The number of hydrogen-bond acceptors (Lipinski definition) is 3. The molecule has 3 heteroatoms. The average molecular weight is 295 g/mol. The molecule has 2 aromatic rings. The lowest BCUT2D eigenvalue weighted by Crippen LogP contribution is -2.30. The fourth-order valence-corrected chi connectivity index (χ4v) is 3.76. The molecule has 0 saturated carbocycles. The molecule has 0 amide bonds. The Kier molecular flexibility index (Phi) is 3.51. The fourth-order valence-electron chi connectivity index (χ4n) is 3.76. The monoisotopic (exact) mass is 295 g/mol. The van der Waals surface area contributed by atoms with Crippen LogP contribution in [0.5, 0.6) is 11.5 Å². The van der Waals surface area contributed by atoms with Gasteiger partial charge in [0.2, 0.25) is 0 Å². The van der Waals surface area contributed by atoms with Crippen LogP contribution < -0.4 is 9.47 Å². The average Bonchev–Trinajstić information content (AvgIpc) is 2.98. The minimum Gasteiger partial charge on any atom is -0.497 e. The minimum absolute atomic E-state index is 0.467. The molecule has 22 heavy (non-hydrogen) atoms. The van der Waals surface area contributed by atoms with E-state index in [1.54, 1.807) is 7.11 Å². The number of fused-ring (bicyclic) bond motifs is 3. The van der Waals surface area contributed by atoms with Crippen LogP contribution in [0, 0.1) is 5.92 Å². The van der Waals surface area contributed by atoms with Gasteiger partial charge in [0.25, 0.3) is 0 Å². The van der Waals surface area contributed by atoms with Crippen molar-refractivity contribution in [1.82, 2.24) is 4.90 Å². The fraction of sp³-hybridized carbons (Fsp3) is 0.368. The lowest BCUT2D eigenvalue weighted by atomic mass is 9.91. The smallest absolute Gasteiger partial charge is 0.127 e. The first-order valence-corrected chi connectivity index (χ1v) is 7.94. The van der Waals surface area contributed by atoms with Crippen LogP contribution in [0.2, 0.25) is 0 Å². The second-order valence-electron chi connectivity index (χ2n) is 6.16. The maximum atomic E-state index is 5.97. The highest BCUT2D eigenvalue weighted by Crippen LogP contribution is 2.46. The molecule has 114 valence electrons. The summed E-state index contributed by atoms with van der Waals surface area (Å²) in [5, 5.41) is 0. The van der Waals surface area contributed by atoms with Crippen LogP contribution in [0.15, 0.2) is 48.5 Å². The standard InChI is InChI=1S/C19H21NO2/c1-21-16-7-8-17-18(11-16)22-13-15-9-10-20(19(15)17)12-14-5-3-2-4-6-14/h2-8,11,15,19H,9-10,12-13H2,1H3/t15-,19-/m1/s1. The highest BCUT2D eigenvalue weighted by molar-refractivity contribution is 5.44. The number of hydrogen-bond donors (Lipinski definition) is 0. The zero-order chi connectivity index (χ0) is 14.9. The van der Waals surface area contributed by atoms with Gasteiger partial charge in [0.1, 0.15) is 11.5 Å². The third-order valence-corrected chi connectivity index (χ3v) is 4.85. The van der Waals surface area contributed by atoms with Gasteiger partial charge in [0.15, 0.2) is 0 Å². The first-order chi connectivity index (χ1) is 10.8. The predicted octanol–water partition coefficient (Wildman–Crippen LogP) is 3.65. The Balaban J connectivity index is 1.63. The van der Waals surface area contributed by atoms with E-state index in [1.807, 2.05) is 12.1 Å². The van der Waals surface area contributed by atoms with Crippen molar-refractivity contribution >= 4 is 0 Å². The van der Waals surface area contributed by atoms with Crippen LogP contribution in [0.3, 0.4) is 0 Å². The number of nitrogens with zero attached hydrogens (tertiary/aromatic N) is 1. The van der Waals surface area contributed by atoms with Crippen LogP contribution in [0.1, 0.15) is 23.6 Å². The molecule has 3 nitrogen and oxygen atoms in total. The lowest BCUT2D eigenvalue weighted by molar-refractivity contribution is 0.143. The van der Waals surface area contributed by atoms with Crippen LogP contribution in [0.4, 0.5) is 0 Å². The summed E-state index contributed by atoms with van der Waals surface area (Å²) in [7, 11) is 1.70. The van der Waals surface area contributed by atoms with Crippen LogP contribution in [-0.4, -0.2) is 25.2 Å². The SMILES string of the molecule is COc1ccc2c(c1)OC[C@H]1CCN(Cc3ccccc3)[C@@H]21. The van der Waals surface area contributed by atoms with E-state index in [4.69, 9.17) is 9.47 Å². The van der Waals surface area contributed by atoms with Crippen molar-refractivity contribution in [2.24, 2.45) is 5.92 Å². The van der Waals surface area contributed by atoms with E-state index in [0.29, 0.717) is 12.0 Å². The van der Waals surface area contributed by atoms with Crippen molar-refractivity contribution in [3.05, 3.63) is 59.7 Å². The summed E-state index contributed by atoms with van der Waals surface area (Å²) in [5.74, 6) is 2.45. The summed E-state index contributed by atoms with van der Waals surface area (Å²) < 4.78 is 11.3. The molecule has 1 fully saturated rings. The molecule has 1 saturated heterocycles. The third kappa shape index (κ3) is 2.35. The number of rotatable bonds is 3. The maximum Gasteiger partial charge on any atom is 0.127 e. The van der Waals surface area contributed by atoms with E-state index in [-0.39, 0.29) is 0 Å². The van der Waals surface area contributed by atoms with E-state index < -0.39 is 0 Å². The molecular formula is C19H21NO2. The third-order valence-electron chi connectivity index (χ3n) is 4.85. The molecule has 4 rings (SSSR count). The Morgan fingerprint density at radius 2 is 2.05 bits per heavy atom. The van der Waals surface area contributed by atoms with Gasteiger partial charge in [-0.15, -0.1) is 0 Å². The summed E-state index contributed by atoms with van der Waals surface area (Å²) in [6.07, 6.45) is 1.21. The van der Waals surface area contributed by atoms with Crippen molar-refractivity contribution in [2.45, 2.75) is 19.0 Å². The summed E-state index contributed by atoms with van der Waals surface area (Å²) in [6.45, 7) is 2.96. The zero-order valence-electron chi connectivity index (χ0n) is 12.9.